The summed E-state index contributed by atoms with van der Waals surface area (Å²) in [4.78, 5) is 42.2. The molecule has 1 aliphatic rings. The molecule has 0 unspecified atom stereocenters. The van der Waals surface area contributed by atoms with Crippen LogP contribution in [-0.4, -0.2) is 87.2 Å². The number of anilines is 1. The van der Waals surface area contributed by atoms with Gasteiger partial charge in [0.25, 0.3) is 11.8 Å². The number of benzene rings is 2. The fourth-order valence-electron chi connectivity index (χ4n) is 4.20. The van der Waals surface area contributed by atoms with Crippen molar-refractivity contribution in [3.05, 3.63) is 59.7 Å². The molecule has 1 aliphatic heterocycles. The van der Waals surface area contributed by atoms with Gasteiger partial charge in [-0.3, -0.25) is 14.4 Å². The van der Waals surface area contributed by atoms with Crippen LogP contribution in [0.5, 0.6) is 5.75 Å². The van der Waals surface area contributed by atoms with Crippen LogP contribution in [0.4, 0.5) is 5.69 Å². The molecule has 3 atom stereocenters. The maximum absolute atomic E-state index is 13.5. The Bertz CT molecular complexity index is 1060. The minimum atomic E-state index is -0.297. The van der Waals surface area contributed by atoms with E-state index in [1.807, 2.05) is 19.9 Å². The molecule has 3 amide bonds. The fraction of sp³-hybridized carbons (Fsp3) is 0.444. The third kappa shape index (κ3) is 6.61. The summed E-state index contributed by atoms with van der Waals surface area (Å²) in [6.45, 7) is 4.79. The number of methoxy groups -OCH3 is 2. The van der Waals surface area contributed by atoms with Crippen LogP contribution in [0.15, 0.2) is 48.5 Å². The van der Waals surface area contributed by atoms with Crippen LogP contribution in [0, 0.1) is 5.92 Å². The van der Waals surface area contributed by atoms with Crippen molar-refractivity contribution in [1.29, 1.82) is 0 Å². The van der Waals surface area contributed by atoms with E-state index in [9.17, 15) is 14.4 Å². The molecule has 9 nitrogen and oxygen atoms in total. The highest BCUT2D eigenvalue weighted by Gasteiger charge is 2.30. The normalized spacial score (nSPS) is 21.0. The molecule has 0 aromatic heterocycles. The monoisotopic (exact) mass is 497 g/mol. The molecular weight excluding hydrogens is 462 g/mol. The van der Waals surface area contributed by atoms with Crippen molar-refractivity contribution < 1.29 is 28.6 Å². The first-order chi connectivity index (χ1) is 17.2. The van der Waals surface area contributed by atoms with E-state index < -0.39 is 0 Å². The Morgan fingerprint density at radius 1 is 1.08 bits per heavy atom. The van der Waals surface area contributed by atoms with Gasteiger partial charge in [0, 0.05) is 51.5 Å². The SMILES string of the molecule is COCC(=O)N1C[C@@H](C)[C@H](OC)CN(C)C(=O)c2cc(NC(=O)c3ccccc3)ccc2OC[C@H]1C. The van der Waals surface area contributed by atoms with Gasteiger partial charge in [0.1, 0.15) is 19.0 Å². The lowest BCUT2D eigenvalue weighted by Crippen LogP contribution is -2.49. The molecule has 0 bridgehead atoms. The Balaban J connectivity index is 1.93. The van der Waals surface area contributed by atoms with Crippen molar-refractivity contribution >= 4 is 23.4 Å². The minimum Gasteiger partial charge on any atom is -0.491 e. The Hall–Kier alpha value is -3.43. The zero-order valence-corrected chi connectivity index (χ0v) is 21.5. The maximum Gasteiger partial charge on any atom is 0.257 e. The predicted octanol–water partition coefficient (Wildman–Crippen LogP) is 2.92. The molecule has 0 aliphatic carbocycles. The second kappa shape index (κ2) is 12.5. The van der Waals surface area contributed by atoms with Gasteiger partial charge in [-0.2, -0.15) is 0 Å². The smallest absolute Gasteiger partial charge is 0.257 e. The van der Waals surface area contributed by atoms with E-state index in [1.165, 1.54) is 7.11 Å². The maximum atomic E-state index is 13.5. The molecular formula is C27H35N3O6. The number of carbonyl (C=O) groups excluding carboxylic acids is 3. The average molecular weight is 498 g/mol. The van der Waals surface area contributed by atoms with Crippen LogP contribution in [0.1, 0.15) is 34.6 Å². The topological polar surface area (TPSA) is 97.4 Å². The molecule has 2 aromatic carbocycles. The van der Waals surface area contributed by atoms with Crippen molar-refractivity contribution in [2.24, 2.45) is 5.92 Å². The molecule has 1 heterocycles. The number of likely N-dealkylation sites (N-methyl/N-ethyl adjacent to an activating group) is 1. The second-order valence-corrected chi connectivity index (χ2v) is 9.11. The van der Waals surface area contributed by atoms with Gasteiger partial charge in [-0.05, 0) is 37.3 Å². The van der Waals surface area contributed by atoms with Crippen LogP contribution >= 0.6 is 0 Å². The van der Waals surface area contributed by atoms with Crippen molar-refractivity contribution in [3.63, 3.8) is 0 Å². The van der Waals surface area contributed by atoms with Crippen LogP contribution in [0.3, 0.4) is 0 Å². The Kier molecular flexibility index (Phi) is 9.44. The van der Waals surface area contributed by atoms with Gasteiger partial charge in [-0.1, -0.05) is 25.1 Å². The first kappa shape index (κ1) is 27.2. The quantitative estimate of drug-likeness (QED) is 0.682. The Morgan fingerprint density at radius 2 is 1.81 bits per heavy atom. The number of ether oxygens (including phenoxy) is 3. The van der Waals surface area contributed by atoms with Crippen LogP contribution < -0.4 is 10.1 Å². The summed E-state index contributed by atoms with van der Waals surface area (Å²) < 4.78 is 16.8. The number of carbonyl (C=O) groups is 3. The summed E-state index contributed by atoms with van der Waals surface area (Å²) in [6, 6.07) is 13.5. The molecule has 0 radical (unpaired) electrons. The molecule has 0 saturated heterocycles. The van der Waals surface area contributed by atoms with E-state index in [-0.39, 0.29) is 49.0 Å². The number of nitrogens with one attached hydrogen (secondary N) is 1. The molecule has 2 aromatic rings. The lowest BCUT2D eigenvalue weighted by atomic mass is 10.0. The zero-order valence-electron chi connectivity index (χ0n) is 21.5. The van der Waals surface area contributed by atoms with E-state index in [4.69, 9.17) is 14.2 Å². The van der Waals surface area contributed by atoms with Gasteiger partial charge in [0.05, 0.1) is 17.7 Å². The van der Waals surface area contributed by atoms with Gasteiger partial charge in [-0.15, -0.1) is 0 Å². The third-order valence-corrected chi connectivity index (χ3v) is 6.33. The number of rotatable bonds is 5. The van der Waals surface area contributed by atoms with E-state index in [1.54, 1.807) is 66.4 Å². The average Bonchev–Trinajstić information content (AvgIpc) is 2.88. The zero-order chi connectivity index (χ0) is 26.2. The molecule has 3 rings (SSSR count). The fourth-order valence-corrected chi connectivity index (χ4v) is 4.20. The number of hydrogen-bond acceptors (Lipinski definition) is 6. The third-order valence-electron chi connectivity index (χ3n) is 6.33. The van der Waals surface area contributed by atoms with Crippen molar-refractivity contribution in [2.45, 2.75) is 26.0 Å². The van der Waals surface area contributed by atoms with Crippen LogP contribution in [0.25, 0.3) is 0 Å². The Labute approximate surface area is 212 Å². The van der Waals surface area contributed by atoms with Gasteiger partial charge in [0.15, 0.2) is 0 Å². The highest BCUT2D eigenvalue weighted by Crippen LogP contribution is 2.27. The summed E-state index contributed by atoms with van der Waals surface area (Å²) in [5, 5.41) is 2.85. The molecule has 0 spiro atoms. The lowest BCUT2D eigenvalue weighted by Gasteiger charge is -2.36. The summed E-state index contributed by atoms with van der Waals surface area (Å²) in [5.74, 6) is -0.353. The van der Waals surface area contributed by atoms with E-state index >= 15 is 0 Å². The predicted molar refractivity (Wildman–Crippen MR) is 136 cm³/mol. The number of hydrogen-bond donors (Lipinski definition) is 1. The molecule has 36 heavy (non-hydrogen) atoms. The molecule has 9 heteroatoms. The lowest BCUT2D eigenvalue weighted by molar-refractivity contribution is -0.139. The molecule has 0 saturated carbocycles. The van der Waals surface area contributed by atoms with Crippen molar-refractivity contribution in [3.8, 4) is 5.75 Å². The second-order valence-electron chi connectivity index (χ2n) is 9.11. The Morgan fingerprint density at radius 3 is 2.47 bits per heavy atom. The number of amides is 3. The van der Waals surface area contributed by atoms with Gasteiger partial charge < -0.3 is 29.3 Å². The van der Waals surface area contributed by atoms with Crippen LogP contribution in [-0.2, 0) is 14.3 Å². The van der Waals surface area contributed by atoms with Gasteiger partial charge in [0.2, 0.25) is 5.91 Å². The van der Waals surface area contributed by atoms with Crippen molar-refractivity contribution in [2.75, 3.05) is 52.9 Å². The van der Waals surface area contributed by atoms with E-state index in [2.05, 4.69) is 5.32 Å². The van der Waals surface area contributed by atoms with Crippen LogP contribution in [0.2, 0.25) is 0 Å². The first-order valence-electron chi connectivity index (χ1n) is 11.9. The van der Waals surface area contributed by atoms with E-state index in [0.29, 0.717) is 35.7 Å². The minimum absolute atomic E-state index is 0.0336. The van der Waals surface area contributed by atoms with E-state index in [0.717, 1.165) is 0 Å². The number of fused-ring (bicyclic) bond motifs is 1. The standard InChI is InChI=1S/C27H35N3O6/c1-18-14-30(25(31)17-34-4)19(2)16-36-23-12-11-21(28-26(32)20-9-7-6-8-10-20)13-22(23)27(33)29(3)15-24(18)35-5/h6-13,18-19,24H,14-17H2,1-5H3,(H,28,32)/t18-,19-,24-/m1/s1. The molecule has 194 valence electrons. The summed E-state index contributed by atoms with van der Waals surface area (Å²) in [6.07, 6.45) is -0.297. The van der Waals surface area contributed by atoms with Crippen molar-refractivity contribution in [1.82, 2.24) is 9.80 Å². The van der Waals surface area contributed by atoms with Gasteiger partial charge in [-0.25, -0.2) is 0 Å². The highest BCUT2D eigenvalue weighted by atomic mass is 16.5. The highest BCUT2D eigenvalue weighted by molar-refractivity contribution is 6.05. The summed E-state index contributed by atoms with van der Waals surface area (Å²) >= 11 is 0. The molecule has 1 N–H and O–H groups in total. The van der Waals surface area contributed by atoms with Gasteiger partial charge >= 0.3 is 0 Å². The molecule has 0 fully saturated rings. The number of nitrogens with zero attached hydrogens (tertiary/aromatic N) is 2. The summed E-state index contributed by atoms with van der Waals surface area (Å²) in [5.41, 5.74) is 1.30. The summed E-state index contributed by atoms with van der Waals surface area (Å²) in [7, 11) is 4.79. The largest absolute Gasteiger partial charge is 0.491 e. The first-order valence-corrected chi connectivity index (χ1v) is 11.9.